The highest BCUT2D eigenvalue weighted by atomic mass is 16.5. The largest absolute Gasteiger partial charge is 0.494 e. The lowest BCUT2D eigenvalue weighted by Gasteiger charge is -2.09. The van der Waals surface area contributed by atoms with Crippen molar-refractivity contribution < 1.29 is 14.3 Å². The number of ether oxygens (including phenoxy) is 2. The molecule has 3 nitrogen and oxygen atoms in total. The van der Waals surface area contributed by atoms with E-state index in [0.717, 1.165) is 37.0 Å². The minimum absolute atomic E-state index is 0.186. The normalized spacial score (nSPS) is 30.1. The van der Waals surface area contributed by atoms with Gasteiger partial charge in [-0.2, -0.15) is 0 Å². The minimum atomic E-state index is -0.186. The Labute approximate surface area is 89.8 Å². The van der Waals surface area contributed by atoms with Crippen LogP contribution in [0.4, 0.5) is 0 Å². The van der Waals surface area contributed by atoms with Crippen LogP contribution in [0.15, 0.2) is 24.0 Å². The van der Waals surface area contributed by atoms with Crippen molar-refractivity contribution >= 4 is 5.97 Å². The summed E-state index contributed by atoms with van der Waals surface area (Å²) in [5, 5.41) is 0. The van der Waals surface area contributed by atoms with E-state index in [4.69, 9.17) is 9.47 Å². The monoisotopic (exact) mass is 208 g/mol. The molecule has 0 aromatic rings. The first kappa shape index (κ1) is 10.3. The second-order valence-corrected chi connectivity index (χ2v) is 3.93. The molecular formula is C12H16O3. The molecule has 2 rings (SSSR count). The van der Waals surface area contributed by atoms with Crippen LogP contribution in [0.25, 0.3) is 0 Å². The second kappa shape index (κ2) is 4.51. The van der Waals surface area contributed by atoms with Crippen LogP contribution in [0, 0.1) is 0 Å². The smallest absolute Gasteiger partial charge is 0.337 e. The standard InChI is InChI=1S/C12H16O3/c1-2-3-4-9-5-6-11(15-9)10-7-8-14-12(10)13/h2,9H,1,3-8H2/b11-10-. The molecule has 2 aliphatic rings. The summed E-state index contributed by atoms with van der Waals surface area (Å²) < 4.78 is 10.7. The molecule has 2 fully saturated rings. The Morgan fingerprint density at radius 1 is 1.47 bits per heavy atom. The molecule has 0 bridgehead atoms. The third-order valence-corrected chi connectivity index (χ3v) is 2.86. The van der Waals surface area contributed by atoms with Gasteiger partial charge in [0.05, 0.1) is 18.3 Å². The quantitative estimate of drug-likeness (QED) is 0.405. The van der Waals surface area contributed by atoms with Crippen LogP contribution in [-0.4, -0.2) is 18.7 Å². The van der Waals surface area contributed by atoms with Gasteiger partial charge >= 0.3 is 5.97 Å². The summed E-state index contributed by atoms with van der Waals surface area (Å²) in [6.45, 7) is 4.20. The highest BCUT2D eigenvalue weighted by molar-refractivity contribution is 5.90. The van der Waals surface area contributed by atoms with Crippen LogP contribution >= 0.6 is 0 Å². The van der Waals surface area contributed by atoms with Gasteiger partial charge in [0.2, 0.25) is 0 Å². The van der Waals surface area contributed by atoms with Gasteiger partial charge in [-0.3, -0.25) is 0 Å². The summed E-state index contributed by atoms with van der Waals surface area (Å²) in [5.74, 6) is 0.681. The third kappa shape index (κ3) is 2.22. The molecule has 15 heavy (non-hydrogen) atoms. The first-order valence-corrected chi connectivity index (χ1v) is 5.48. The summed E-state index contributed by atoms with van der Waals surface area (Å²) in [5.41, 5.74) is 0.760. The van der Waals surface area contributed by atoms with E-state index in [-0.39, 0.29) is 12.1 Å². The second-order valence-electron chi connectivity index (χ2n) is 3.93. The van der Waals surface area contributed by atoms with Gasteiger partial charge in [-0.1, -0.05) is 6.08 Å². The number of hydrogen-bond donors (Lipinski definition) is 0. The molecule has 0 aromatic carbocycles. The fourth-order valence-corrected chi connectivity index (χ4v) is 2.03. The predicted molar refractivity (Wildman–Crippen MR) is 56.1 cm³/mol. The maximum Gasteiger partial charge on any atom is 0.337 e. The van der Waals surface area contributed by atoms with Crippen LogP contribution in [-0.2, 0) is 14.3 Å². The SMILES string of the molecule is C=CCCC1CC/C(=C2\CCOC2=O)O1. The maximum absolute atomic E-state index is 11.3. The van der Waals surface area contributed by atoms with E-state index in [2.05, 4.69) is 6.58 Å². The van der Waals surface area contributed by atoms with Gasteiger partial charge in [0.1, 0.15) is 5.76 Å². The zero-order valence-corrected chi connectivity index (χ0v) is 8.83. The van der Waals surface area contributed by atoms with Crippen molar-refractivity contribution in [2.75, 3.05) is 6.61 Å². The van der Waals surface area contributed by atoms with Crippen LogP contribution in [0.2, 0.25) is 0 Å². The van der Waals surface area contributed by atoms with Gasteiger partial charge in [-0.05, 0) is 19.3 Å². The van der Waals surface area contributed by atoms with Crippen LogP contribution < -0.4 is 0 Å². The number of carbonyl (C=O) groups excluding carboxylic acids is 1. The van der Waals surface area contributed by atoms with Gasteiger partial charge in [0, 0.05) is 12.8 Å². The van der Waals surface area contributed by atoms with E-state index < -0.39 is 0 Å². The van der Waals surface area contributed by atoms with Crippen molar-refractivity contribution in [3.63, 3.8) is 0 Å². The van der Waals surface area contributed by atoms with Crippen molar-refractivity contribution in [3.8, 4) is 0 Å². The number of cyclic esters (lactones) is 1. The first-order chi connectivity index (χ1) is 7.31. The van der Waals surface area contributed by atoms with E-state index in [1.165, 1.54) is 0 Å². The Bertz CT molecular complexity index is 304. The zero-order valence-electron chi connectivity index (χ0n) is 8.83. The molecule has 0 aromatic heterocycles. The number of esters is 1. The maximum atomic E-state index is 11.3. The van der Waals surface area contributed by atoms with Crippen molar-refractivity contribution in [2.45, 2.75) is 38.2 Å². The predicted octanol–water partition coefficient (Wildman–Crippen LogP) is 2.33. The Hall–Kier alpha value is -1.25. The molecule has 2 aliphatic heterocycles. The molecule has 0 spiro atoms. The van der Waals surface area contributed by atoms with Crippen molar-refractivity contribution in [1.29, 1.82) is 0 Å². The number of carbonyl (C=O) groups is 1. The summed E-state index contributed by atoms with van der Waals surface area (Å²) in [4.78, 5) is 11.3. The van der Waals surface area contributed by atoms with Gasteiger partial charge in [0.25, 0.3) is 0 Å². The third-order valence-electron chi connectivity index (χ3n) is 2.86. The van der Waals surface area contributed by atoms with E-state index in [9.17, 15) is 4.79 Å². The topological polar surface area (TPSA) is 35.5 Å². The van der Waals surface area contributed by atoms with Crippen molar-refractivity contribution in [1.82, 2.24) is 0 Å². The highest BCUT2D eigenvalue weighted by Crippen LogP contribution is 2.31. The van der Waals surface area contributed by atoms with Crippen LogP contribution in [0.1, 0.15) is 32.1 Å². The van der Waals surface area contributed by atoms with E-state index in [1.807, 2.05) is 6.08 Å². The fourth-order valence-electron chi connectivity index (χ4n) is 2.03. The summed E-state index contributed by atoms with van der Waals surface area (Å²) in [6.07, 6.45) is 6.74. The van der Waals surface area contributed by atoms with Gasteiger partial charge < -0.3 is 9.47 Å². The first-order valence-electron chi connectivity index (χ1n) is 5.48. The lowest BCUT2D eigenvalue weighted by molar-refractivity contribution is -0.135. The molecule has 1 atom stereocenters. The molecule has 0 N–H and O–H groups in total. The number of rotatable bonds is 3. The van der Waals surface area contributed by atoms with Crippen molar-refractivity contribution in [2.24, 2.45) is 0 Å². The Morgan fingerprint density at radius 3 is 3.00 bits per heavy atom. The summed E-state index contributed by atoms with van der Waals surface area (Å²) in [6, 6.07) is 0. The summed E-state index contributed by atoms with van der Waals surface area (Å²) in [7, 11) is 0. The molecule has 82 valence electrons. The average Bonchev–Trinajstić information content (AvgIpc) is 2.83. The van der Waals surface area contributed by atoms with Gasteiger partial charge in [-0.15, -0.1) is 6.58 Å². The molecule has 0 radical (unpaired) electrons. The number of hydrogen-bond acceptors (Lipinski definition) is 3. The molecule has 2 heterocycles. The molecular weight excluding hydrogens is 192 g/mol. The lowest BCUT2D eigenvalue weighted by Crippen LogP contribution is -2.05. The van der Waals surface area contributed by atoms with Gasteiger partial charge in [0.15, 0.2) is 0 Å². The Morgan fingerprint density at radius 2 is 2.33 bits per heavy atom. The molecule has 3 heteroatoms. The van der Waals surface area contributed by atoms with Crippen molar-refractivity contribution in [3.05, 3.63) is 24.0 Å². The molecule has 0 aliphatic carbocycles. The summed E-state index contributed by atoms with van der Waals surface area (Å²) >= 11 is 0. The highest BCUT2D eigenvalue weighted by Gasteiger charge is 2.29. The Balaban J connectivity index is 1.96. The van der Waals surface area contributed by atoms with E-state index in [1.54, 1.807) is 0 Å². The Kier molecular flexibility index (Phi) is 3.09. The molecule has 1 unspecified atom stereocenters. The molecule has 2 saturated heterocycles. The van der Waals surface area contributed by atoms with Crippen LogP contribution in [0.5, 0.6) is 0 Å². The number of allylic oxidation sites excluding steroid dienone is 2. The minimum Gasteiger partial charge on any atom is -0.494 e. The zero-order chi connectivity index (χ0) is 10.7. The van der Waals surface area contributed by atoms with E-state index >= 15 is 0 Å². The molecule has 0 amide bonds. The lowest BCUT2D eigenvalue weighted by atomic mass is 10.1. The van der Waals surface area contributed by atoms with Crippen LogP contribution in [0.3, 0.4) is 0 Å². The fraction of sp³-hybridized carbons (Fsp3) is 0.583. The average molecular weight is 208 g/mol. The van der Waals surface area contributed by atoms with E-state index in [0.29, 0.717) is 13.0 Å². The van der Waals surface area contributed by atoms with Gasteiger partial charge in [-0.25, -0.2) is 4.79 Å². The molecule has 0 saturated carbocycles.